The van der Waals surface area contributed by atoms with E-state index in [9.17, 15) is 4.79 Å². The summed E-state index contributed by atoms with van der Waals surface area (Å²) in [4.78, 5) is 20.6. The van der Waals surface area contributed by atoms with Crippen molar-refractivity contribution in [1.82, 2.24) is 14.8 Å². The van der Waals surface area contributed by atoms with Crippen molar-refractivity contribution in [2.75, 3.05) is 19.6 Å². The van der Waals surface area contributed by atoms with Crippen LogP contribution >= 0.6 is 11.3 Å². The van der Waals surface area contributed by atoms with Crippen LogP contribution in [0.25, 0.3) is 0 Å². The average molecular weight is 295 g/mol. The number of rotatable bonds is 4. The molecule has 5 nitrogen and oxygen atoms in total. The number of nitrogens with zero attached hydrogens (tertiary/aromatic N) is 3. The van der Waals surface area contributed by atoms with Gasteiger partial charge in [-0.3, -0.25) is 4.90 Å². The zero-order chi connectivity index (χ0) is 13.9. The van der Waals surface area contributed by atoms with Gasteiger partial charge < -0.3 is 9.64 Å². The lowest BCUT2D eigenvalue weighted by Crippen LogP contribution is -2.45. The van der Waals surface area contributed by atoms with E-state index < -0.39 is 0 Å². The van der Waals surface area contributed by atoms with Crippen LogP contribution in [0.3, 0.4) is 0 Å². The van der Waals surface area contributed by atoms with E-state index in [0.717, 1.165) is 45.4 Å². The molecule has 2 saturated heterocycles. The second-order valence-electron chi connectivity index (χ2n) is 5.50. The van der Waals surface area contributed by atoms with Gasteiger partial charge in [-0.25, -0.2) is 9.78 Å². The third-order valence-corrected chi connectivity index (χ3v) is 4.96. The van der Waals surface area contributed by atoms with E-state index in [1.54, 1.807) is 11.3 Å². The van der Waals surface area contributed by atoms with Crippen molar-refractivity contribution >= 4 is 17.4 Å². The van der Waals surface area contributed by atoms with Crippen LogP contribution < -0.4 is 0 Å². The van der Waals surface area contributed by atoms with Gasteiger partial charge in [0.1, 0.15) is 11.1 Å². The Labute approximate surface area is 123 Å². The lowest BCUT2D eigenvalue weighted by Gasteiger charge is -2.35. The summed E-state index contributed by atoms with van der Waals surface area (Å²) in [7, 11) is 0. The minimum atomic E-state index is -0.116. The van der Waals surface area contributed by atoms with Crippen LogP contribution in [0.1, 0.15) is 31.2 Å². The molecular weight excluding hydrogens is 274 g/mol. The van der Waals surface area contributed by atoms with Crippen LogP contribution in [-0.2, 0) is 11.3 Å². The number of hydrogen-bond acceptors (Lipinski definition) is 5. The second kappa shape index (κ2) is 6.10. The minimum Gasteiger partial charge on any atom is -0.444 e. The highest BCUT2D eigenvalue weighted by Crippen LogP contribution is 2.24. The Kier molecular flexibility index (Phi) is 4.21. The van der Waals surface area contributed by atoms with Crippen LogP contribution in [0.5, 0.6) is 0 Å². The molecule has 2 fully saturated rings. The molecule has 1 unspecified atom stereocenters. The first kappa shape index (κ1) is 13.8. The molecule has 1 amide bonds. The minimum absolute atomic E-state index is 0.0934. The van der Waals surface area contributed by atoms with Gasteiger partial charge in [0.05, 0.1) is 13.1 Å². The lowest BCUT2D eigenvalue weighted by atomic mass is 10.0. The number of aromatic nitrogens is 1. The molecule has 6 heteroatoms. The van der Waals surface area contributed by atoms with E-state index in [1.807, 2.05) is 16.5 Å². The molecule has 0 radical (unpaired) electrons. The molecule has 1 aromatic rings. The van der Waals surface area contributed by atoms with E-state index in [1.165, 1.54) is 5.01 Å². The smallest absolute Gasteiger partial charge is 0.410 e. The molecule has 1 aromatic heterocycles. The van der Waals surface area contributed by atoms with Crippen molar-refractivity contribution in [3.63, 3.8) is 0 Å². The van der Waals surface area contributed by atoms with E-state index >= 15 is 0 Å². The number of carbonyl (C=O) groups is 1. The van der Waals surface area contributed by atoms with E-state index in [-0.39, 0.29) is 12.2 Å². The SMILES string of the molecule is CCC1CN(C2CCN(Cc3nccs3)CC2)C(=O)O1. The summed E-state index contributed by atoms with van der Waals surface area (Å²) in [6.45, 7) is 5.84. The molecule has 20 heavy (non-hydrogen) atoms. The first-order valence-electron chi connectivity index (χ1n) is 7.34. The highest BCUT2D eigenvalue weighted by atomic mass is 32.1. The Morgan fingerprint density at radius 2 is 2.25 bits per heavy atom. The van der Waals surface area contributed by atoms with Gasteiger partial charge >= 0.3 is 6.09 Å². The number of hydrogen-bond donors (Lipinski definition) is 0. The first-order valence-corrected chi connectivity index (χ1v) is 8.22. The van der Waals surface area contributed by atoms with Gasteiger partial charge in [-0.1, -0.05) is 6.92 Å². The maximum atomic E-state index is 11.9. The Bertz CT molecular complexity index is 443. The molecular formula is C14H21N3O2S. The lowest BCUT2D eigenvalue weighted by molar-refractivity contribution is 0.109. The fraction of sp³-hybridized carbons (Fsp3) is 0.714. The number of piperidine rings is 1. The van der Waals surface area contributed by atoms with E-state index in [2.05, 4.69) is 16.8 Å². The van der Waals surface area contributed by atoms with Crippen molar-refractivity contribution < 1.29 is 9.53 Å². The van der Waals surface area contributed by atoms with Gasteiger partial charge in [-0.2, -0.15) is 0 Å². The van der Waals surface area contributed by atoms with Gasteiger partial charge in [0.2, 0.25) is 0 Å². The fourth-order valence-corrected chi connectivity index (χ4v) is 3.62. The Hall–Kier alpha value is -1.14. The largest absolute Gasteiger partial charge is 0.444 e. The Morgan fingerprint density at radius 1 is 1.45 bits per heavy atom. The number of cyclic esters (lactones) is 1. The van der Waals surface area contributed by atoms with Gasteiger partial charge in [-0.15, -0.1) is 11.3 Å². The second-order valence-corrected chi connectivity index (χ2v) is 6.48. The molecule has 2 aliphatic heterocycles. The summed E-state index contributed by atoms with van der Waals surface area (Å²) in [5, 5.41) is 3.20. The van der Waals surface area contributed by atoms with Crippen molar-refractivity contribution in [2.24, 2.45) is 0 Å². The number of likely N-dealkylation sites (tertiary alicyclic amines) is 1. The molecule has 2 aliphatic rings. The highest BCUT2D eigenvalue weighted by molar-refractivity contribution is 7.09. The van der Waals surface area contributed by atoms with Gasteiger partial charge in [0.25, 0.3) is 0 Å². The monoisotopic (exact) mass is 295 g/mol. The van der Waals surface area contributed by atoms with E-state index in [0.29, 0.717) is 6.04 Å². The number of amides is 1. The molecule has 0 aliphatic carbocycles. The molecule has 0 saturated carbocycles. The summed E-state index contributed by atoms with van der Waals surface area (Å²) < 4.78 is 5.35. The predicted octanol–water partition coefficient (Wildman–Crippen LogP) is 2.34. The van der Waals surface area contributed by atoms with Crippen LogP contribution in [0, 0.1) is 0 Å². The van der Waals surface area contributed by atoms with Crippen LogP contribution in [0.2, 0.25) is 0 Å². The molecule has 0 N–H and O–H groups in total. The van der Waals surface area contributed by atoms with Crippen LogP contribution in [0.4, 0.5) is 4.79 Å². The third-order valence-electron chi connectivity index (χ3n) is 4.20. The maximum Gasteiger partial charge on any atom is 0.410 e. The Balaban J connectivity index is 1.50. The Morgan fingerprint density at radius 3 is 2.85 bits per heavy atom. The van der Waals surface area contributed by atoms with Gasteiger partial charge in [-0.05, 0) is 19.3 Å². The number of carbonyl (C=O) groups excluding carboxylic acids is 1. The maximum absolute atomic E-state index is 11.9. The van der Waals surface area contributed by atoms with Crippen LogP contribution in [-0.4, -0.2) is 52.7 Å². The first-order chi connectivity index (χ1) is 9.76. The molecule has 3 heterocycles. The van der Waals surface area contributed by atoms with Gasteiger partial charge in [0, 0.05) is 30.7 Å². The van der Waals surface area contributed by atoms with Crippen molar-refractivity contribution in [2.45, 2.75) is 44.9 Å². The predicted molar refractivity (Wildman–Crippen MR) is 77.7 cm³/mol. The van der Waals surface area contributed by atoms with Crippen molar-refractivity contribution in [3.05, 3.63) is 16.6 Å². The molecule has 110 valence electrons. The fourth-order valence-electron chi connectivity index (χ4n) is 2.96. The third kappa shape index (κ3) is 2.96. The van der Waals surface area contributed by atoms with Gasteiger partial charge in [0.15, 0.2) is 0 Å². The number of thiazole rings is 1. The molecule has 0 aromatic carbocycles. The standard InChI is InChI=1S/C14H21N3O2S/c1-2-12-9-17(14(18)19-12)11-3-6-16(7-4-11)10-13-15-5-8-20-13/h5,8,11-12H,2-4,6-7,9-10H2,1H3. The summed E-state index contributed by atoms with van der Waals surface area (Å²) in [5.74, 6) is 0. The molecule has 0 spiro atoms. The molecule has 1 atom stereocenters. The van der Waals surface area contributed by atoms with Crippen molar-refractivity contribution in [3.8, 4) is 0 Å². The zero-order valence-electron chi connectivity index (χ0n) is 11.8. The summed E-state index contributed by atoms with van der Waals surface area (Å²) >= 11 is 1.71. The normalized spacial score (nSPS) is 25.1. The van der Waals surface area contributed by atoms with Crippen LogP contribution in [0.15, 0.2) is 11.6 Å². The average Bonchev–Trinajstić information content (AvgIpc) is 3.09. The summed E-state index contributed by atoms with van der Waals surface area (Å²) in [6.07, 6.45) is 4.82. The quantitative estimate of drug-likeness (QED) is 0.855. The zero-order valence-corrected chi connectivity index (χ0v) is 12.6. The highest BCUT2D eigenvalue weighted by Gasteiger charge is 2.36. The summed E-state index contributed by atoms with van der Waals surface area (Å²) in [6, 6.07) is 0.353. The molecule has 3 rings (SSSR count). The number of ether oxygens (including phenoxy) is 1. The van der Waals surface area contributed by atoms with E-state index in [4.69, 9.17) is 4.74 Å². The van der Waals surface area contributed by atoms with Crippen molar-refractivity contribution in [1.29, 1.82) is 0 Å². The molecule has 0 bridgehead atoms. The topological polar surface area (TPSA) is 45.7 Å². The summed E-state index contributed by atoms with van der Waals surface area (Å²) in [5.41, 5.74) is 0.